The van der Waals surface area contributed by atoms with Crippen LogP contribution in [0, 0.1) is 0 Å². The standard InChI is InChI=1S/C25H34N2O5/c1-5-7-16-26-25(29)21(6-2)27(17-19-12-14-20(30-3)15-13-19)24(28)18-32-23-11-9-8-10-22(23)31-4/h8-15,21H,5-7,16-18H2,1-4H3,(H,26,29). The highest BCUT2D eigenvalue weighted by atomic mass is 16.5. The second-order valence-corrected chi connectivity index (χ2v) is 7.38. The number of carbonyl (C=O) groups excluding carboxylic acids is 2. The van der Waals surface area contributed by atoms with Crippen molar-refractivity contribution in [1.29, 1.82) is 0 Å². The molecule has 0 aromatic heterocycles. The number of unbranched alkanes of at least 4 members (excludes halogenated alkanes) is 1. The van der Waals surface area contributed by atoms with Gasteiger partial charge in [-0.3, -0.25) is 9.59 Å². The van der Waals surface area contributed by atoms with Gasteiger partial charge >= 0.3 is 0 Å². The second kappa shape index (κ2) is 13.2. The molecule has 2 aromatic carbocycles. The lowest BCUT2D eigenvalue weighted by atomic mass is 10.1. The largest absolute Gasteiger partial charge is 0.497 e. The summed E-state index contributed by atoms with van der Waals surface area (Å²) in [5.41, 5.74) is 0.899. The number of hydrogen-bond acceptors (Lipinski definition) is 5. The molecule has 7 nitrogen and oxygen atoms in total. The molecule has 0 aliphatic rings. The maximum absolute atomic E-state index is 13.2. The highest BCUT2D eigenvalue weighted by Crippen LogP contribution is 2.26. The molecule has 0 saturated carbocycles. The SMILES string of the molecule is CCCCNC(=O)C(CC)N(Cc1ccc(OC)cc1)C(=O)COc1ccccc1OC. The van der Waals surface area contributed by atoms with E-state index in [0.29, 0.717) is 24.5 Å². The summed E-state index contributed by atoms with van der Waals surface area (Å²) in [7, 11) is 3.15. The van der Waals surface area contributed by atoms with Crippen LogP contribution in [0.5, 0.6) is 17.2 Å². The van der Waals surface area contributed by atoms with E-state index in [-0.39, 0.29) is 25.0 Å². The Morgan fingerprint density at radius 2 is 1.66 bits per heavy atom. The summed E-state index contributed by atoms with van der Waals surface area (Å²) in [5.74, 6) is 1.33. The normalized spacial score (nSPS) is 11.4. The van der Waals surface area contributed by atoms with Crippen LogP contribution in [-0.4, -0.2) is 50.1 Å². The molecule has 1 atom stereocenters. The number of carbonyl (C=O) groups is 2. The van der Waals surface area contributed by atoms with Crippen molar-refractivity contribution in [2.24, 2.45) is 0 Å². The van der Waals surface area contributed by atoms with Crippen molar-refractivity contribution in [3.05, 3.63) is 54.1 Å². The number of nitrogens with zero attached hydrogens (tertiary/aromatic N) is 1. The Morgan fingerprint density at radius 1 is 0.969 bits per heavy atom. The fraction of sp³-hybridized carbons (Fsp3) is 0.440. The zero-order chi connectivity index (χ0) is 23.3. The highest BCUT2D eigenvalue weighted by Gasteiger charge is 2.29. The van der Waals surface area contributed by atoms with E-state index >= 15 is 0 Å². The topological polar surface area (TPSA) is 77.1 Å². The summed E-state index contributed by atoms with van der Waals surface area (Å²) in [6.07, 6.45) is 2.37. The first-order chi connectivity index (χ1) is 15.5. The van der Waals surface area contributed by atoms with Crippen molar-refractivity contribution in [3.63, 3.8) is 0 Å². The predicted molar refractivity (Wildman–Crippen MR) is 124 cm³/mol. The number of hydrogen-bond donors (Lipinski definition) is 1. The molecule has 0 saturated heterocycles. The van der Waals surface area contributed by atoms with Gasteiger partial charge in [-0.15, -0.1) is 0 Å². The van der Waals surface area contributed by atoms with Gasteiger partial charge in [0.15, 0.2) is 18.1 Å². The number of methoxy groups -OCH3 is 2. The van der Waals surface area contributed by atoms with E-state index < -0.39 is 6.04 Å². The minimum atomic E-state index is -0.595. The van der Waals surface area contributed by atoms with Crippen molar-refractivity contribution < 1.29 is 23.8 Å². The molecule has 1 unspecified atom stereocenters. The van der Waals surface area contributed by atoms with Gasteiger partial charge in [-0.2, -0.15) is 0 Å². The van der Waals surface area contributed by atoms with Crippen molar-refractivity contribution in [3.8, 4) is 17.2 Å². The third kappa shape index (κ3) is 7.18. The van der Waals surface area contributed by atoms with Crippen LogP contribution in [0.2, 0.25) is 0 Å². The lowest BCUT2D eigenvalue weighted by Gasteiger charge is -2.30. The maximum atomic E-state index is 13.2. The van der Waals surface area contributed by atoms with E-state index in [1.807, 2.05) is 43.3 Å². The smallest absolute Gasteiger partial charge is 0.261 e. The van der Waals surface area contributed by atoms with Gasteiger partial charge in [0.25, 0.3) is 5.91 Å². The lowest BCUT2D eigenvalue weighted by Crippen LogP contribution is -2.50. The monoisotopic (exact) mass is 442 g/mol. The molecule has 0 heterocycles. The molecule has 0 spiro atoms. The lowest BCUT2D eigenvalue weighted by molar-refractivity contribution is -0.143. The van der Waals surface area contributed by atoms with Crippen molar-refractivity contribution in [2.45, 2.75) is 45.7 Å². The fourth-order valence-corrected chi connectivity index (χ4v) is 3.31. The highest BCUT2D eigenvalue weighted by molar-refractivity contribution is 5.88. The molecular formula is C25H34N2O5. The quantitative estimate of drug-likeness (QED) is 0.478. The summed E-state index contributed by atoms with van der Waals surface area (Å²) in [6, 6.07) is 14.0. The number of rotatable bonds is 13. The zero-order valence-electron chi connectivity index (χ0n) is 19.4. The van der Waals surface area contributed by atoms with Gasteiger partial charge in [0, 0.05) is 13.1 Å². The molecule has 0 bridgehead atoms. The van der Waals surface area contributed by atoms with Gasteiger partial charge in [0.1, 0.15) is 11.8 Å². The minimum Gasteiger partial charge on any atom is -0.497 e. The van der Waals surface area contributed by atoms with Crippen LogP contribution in [0.15, 0.2) is 48.5 Å². The zero-order valence-corrected chi connectivity index (χ0v) is 19.4. The molecule has 0 fully saturated rings. The average molecular weight is 443 g/mol. The summed E-state index contributed by atoms with van der Waals surface area (Å²) >= 11 is 0. The van der Waals surface area contributed by atoms with E-state index in [0.717, 1.165) is 24.2 Å². The van der Waals surface area contributed by atoms with Crippen LogP contribution >= 0.6 is 0 Å². The Morgan fingerprint density at radius 3 is 2.25 bits per heavy atom. The van der Waals surface area contributed by atoms with E-state index in [2.05, 4.69) is 12.2 Å². The van der Waals surface area contributed by atoms with Gasteiger partial charge in [-0.25, -0.2) is 0 Å². The first-order valence-electron chi connectivity index (χ1n) is 11.0. The van der Waals surface area contributed by atoms with Crippen LogP contribution < -0.4 is 19.5 Å². The molecule has 2 amide bonds. The number of nitrogens with one attached hydrogen (secondary N) is 1. The number of amides is 2. The molecule has 0 aliphatic carbocycles. The van der Waals surface area contributed by atoms with Crippen LogP contribution in [0.3, 0.4) is 0 Å². The van der Waals surface area contributed by atoms with E-state index in [9.17, 15) is 9.59 Å². The van der Waals surface area contributed by atoms with Crippen LogP contribution in [0.25, 0.3) is 0 Å². The molecule has 1 N–H and O–H groups in total. The number of para-hydroxylation sites is 2. The average Bonchev–Trinajstić information content (AvgIpc) is 2.83. The van der Waals surface area contributed by atoms with Gasteiger partial charge in [-0.05, 0) is 42.7 Å². The summed E-state index contributed by atoms with van der Waals surface area (Å²) in [5, 5.41) is 2.95. The molecular weight excluding hydrogens is 408 g/mol. The summed E-state index contributed by atoms with van der Waals surface area (Å²) < 4.78 is 16.3. The molecule has 2 aromatic rings. The van der Waals surface area contributed by atoms with E-state index in [1.54, 1.807) is 31.3 Å². The Balaban J connectivity index is 2.20. The van der Waals surface area contributed by atoms with Crippen molar-refractivity contribution in [1.82, 2.24) is 10.2 Å². The Bertz CT molecular complexity index is 854. The minimum absolute atomic E-state index is 0.153. The van der Waals surface area contributed by atoms with E-state index in [1.165, 1.54) is 0 Å². The van der Waals surface area contributed by atoms with Crippen LogP contribution in [0.1, 0.15) is 38.7 Å². The number of benzene rings is 2. The molecule has 32 heavy (non-hydrogen) atoms. The molecule has 7 heteroatoms. The third-order valence-corrected chi connectivity index (χ3v) is 5.15. The molecule has 0 radical (unpaired) electrons. The van der Waals surface area contributed by atoms with Crippen LogP contribution in [0.4, 0.5) is 0 Å². The first kappa shape index (κ1) is 25.0. The first-order valence-corrected chi connectivity index (χ1v) is 11.0. The Labute approximate surface area is 190 Å². The van der Waals surface area contributed by atoms with Gasteiger partial charge in [-0.1, -0.05) is 44.5 Å². The second-order valence-electron chi connectivity index (χ2n) is 7.38. The fourth-order valence-electron chi connectivity index (χ4n) is 3.31. The molecule has 174 valence electrons. The number of ether oxygens (including phenoxy) is 3. The predicted octanol–water partition coefficient (Wildman–Crippen LogP) is 3.81. The van der Waals surface area contributed by atoms with Crippen molar-refractivity contribution in [2.75, 3.05) is 27.4 Å². The summed E-state index contributed by atoms with van der Waals surface area (Å²) in [4.78, 5) is 27.7. The third-order valence-electron chi connectivity index (χ3n) is 5.15. The Kier molecular flexibility index (Phi) is 10.4. The van der Waals surface area contributed by atoms with Crippen molar-refractivity contribution >= 4 is 11.8 Å². The molecule has 0 aliphatic heterocycles. The maximum Gasteiger partial charge on any atom is 0.261 e. The van der Waals surface area contributed by atoms with E-state index in [4.69, 9.17) is 14.2 Å². The van der Waals surface area contributed by atoms with Gasteiger partial charge in [0.05, 0.1) is 14.2 Å². The van der Waals surface area contributed by atoms with Gasteiger partial charge < -0.3 is 24.4 Å². The summed E-state index contributed by atoms with van der Waals surface area (Å²) in [6.45, 7) is 4.65. The van der Waals surface area contributed by atoms with Gasteiger partial charge in [0.2, 0.25) is 5.91 Å². The Hall–Kier alpha value is -3.22. The van der Waals surface area contributed by atoms with Crippen LogP contribution in [-0.2, 0) is 16.1 Å². The molecule has 2 rings (SSSR count).